The molecule has 9 heteroatoms. The van der Waals surface area contributed by atoms with Crippen molar-refractivity contribution in [2.75, 3.05) is 13.2 Å². The van der Waals surface area contributed by atoms with Crippen LogP contribution >= 0.6 is 17.6 Å². The number of ether oxygens (including phenoxy) is 1. The number of benzene rings is 6. The number of hydrogen-bond acceptors (Lipinski definition) is 5. The van der Waals surface area contributed by atoms with E-state index in [1.54, 1.807) is 0 Å². The van der Waals surface area contributed by atoms with E-state index in [-0.39, 0.29) is 42.5 Å². The Labute approximate surface area is 385 Å². The topological polar surface area (TPSA) is 46.2 Å². The van der Waals surface area contributed by atoms with E-state index in [9.17, 15) is 0 Å². The molecule has 0 aromatic heterocycles. The molecule has 0 spiro atoms. The van der Waals surface area contributed by atoms with Gasteiger partial charge in [-0.05, 0) is 55.3 Å². The van der Waals surface area contributed by atoms with Crippen molar-refractivity contribution in [3.05, 3.63) is 181 Å². The summed E-state index contributed by atoms with van der Waals surface area (Å²) in [7, 11) is -5.65. The van der Waals surface area contributed by atoms with Crippen LogP contribution in [0.15, 0.2) is 170 Å². The van der Waals surface area contributed by atoms with Crippen LogP contribution in [0.1, 0.15) is 67.5 Å². The Hall–Kier alpha value is -3.59. The van der Waals surface area contributed by atoms with Crippen molar-refractivity contribution in [2.24, 2.45) is 0 Å². The van der Waals surface area contributed by atoms with Gasteiger partial charge in [-0.1, -0.05) is 237 Å². The van der Waals surface area contributed by atoms with E-state index < -0.39 is 41.1 Å². The van der Waals surface area contributed by atoms with Gasteiger partial charge in [0.15, 0.2) is 0 Å². The fourth-order valence-electron chi connectivity index (χ4n) is 8.81. The largest absolute Gasteiger partial charge is 0.405 e. The van der Waals surface area contributed by atoms with E-state index in [4.69, 9.17) is 22.6 Å². The quantitative estimate of drug-likeness (QED) is 0.0715. The van der Waals surface area contributed by atoms with E-state index >= 15 is 0 Å². The smallest absolute Gasteiger partial charge is 0.261 e. The summed E-state index contributed by atoms with van der Waals surface area (Å²) < 4.78 is 36.7. The summed E-state index contributed by atoms with van der Waals surface area (Å²) in [4.78, 5) is 0. The molecule has 6 aromatic rings. The van der Waals surface area contributed by atoms with E-state index in [0.717, 1.165) is 10.6 Å². The van der Waals surface area contributed by atoms with Gasteiger partial charge < -0.3 is 22.6 Å². The molecule has 1 fully saturated rings. The Balaban J connectivity index is 0.00000374. The second-order valence-corrected chi connectivity index (χ2v) is 28.9. The summed E-state index contributed by atoms with van der Waals surface area (Å²) >= 11 is 0. The van der Waals surface area contributed by atoms with Crippen molar-refractivity contribution in [1.29, 1.82) is 0 Å². The van der Waals surface area contributed by atoms with Crippen molar-refractivity contribution < 1.29 is 22.6 Å². The Bertz CT molecular complexity index is 2010. The number of hydrogen-bond donors (Lipinski definition) is 0. The molecule has 5 nitrogen and oxygen atoms in total. The lowest BCUT2D eigenvalue weighted by Gasteiger charge is -2.44. The molecule has 1 heterocycles. The standard InChI is InChI=1S/C52H62O5P2Si2.2CH4/c1-39-29-33-41(34-30-39)58-56-49-47(37-53-60(51(3,4)5,43-21-13-9-14-22-43)44-23-15-10-16-24-44)55-48(50(49)57-59-42-35-31-40(2)32-36-42)38-54-61(52(6,7)8,45-25-17-11-18-26-45)46-27-19-12-20-28-46;;/h9-36,47-50,58-59H,37-38H2,1-8H3;2*1H4/t47-,48-,49-,50-;;/m1../s1. The molecule has 2 unspecified atom stereocenters. The molecule has 1 aliphatic rings. The predicted molar refractivity (Wildman–Crippen MR) is 277 cm³/mol. The van der Waals surface area contributed by atoms with Crippen LogP contribution < -0.4 is 31.4 Å². The summed E-state index contributed by atoms with van der Waals surface area (Å²) in [5.41, 5.74) is 2.44. The van der Waals surface area contributed by atoms with Crippen LogP contribution in [-0.2, 0) is 22.6 Å². The molecule has 0 N–H and O–H groups in total. The van der Waals surface area contributed by atoms with E-state index in [1.165, 1.54) is 31.9 Å². The van der Waals surface area contributed by atoms with Crippen molar-refractivity contribution in [3.8, 4) is 0 Å². The first kappa shape index (κ1) is 50.4. The monoisotopic (exact) mass is 916 g/mol. The third-order valence-corrected chi connectivity index (χ3v) is 23.8. The van der Waals surface area contributed by atoms with E-state index in [0.29, 0.717) is 13.2 Å². The third kappa shape index (κ3) is 11.3. The summed E-state index contributed by atoms with van der Waals surface area (Å²) in [6.07, 6.45) is -1.72. The highest BCUT2D eigenvalue weighted by atomic mass is 31.1. The fraction of sp³-hybridized carbons (Fsp3) is 0.333. The minimum Gasteiger partial charge on any atom is -0.405 e. The van der Waals surface area contributed by atoms with Crippen molar-refractivity contribution in [2.45, 2.75) is 105 Å². The van der Waals surface area contributed by atoms with Crippen LogP contribution in [0.3, 0.4) is 0 Å². The average molecular weight is 917 g/mol. The van der Waals surface area contributed by atoms with Crippen molar-refractivity contribution in [1.82, 2.24) is 0 Å². The van der Waals surface area contributed by atoms with Gasteiger partial charge in [0.2, 0.25) is 0 Å². The van der Waals surface area contributed by atoms with Crippen molar-refractivity contribution >= 4 is 65.6 Å². The van der Waals surface area contributed by atoms with Crippen LogP contribution in [0.2, 0.25) is 10.1 Å². The minimum absolute atomic E-state index is 0. The van der Waals surface area contributed by atoms with Gasteiger partial charge in [0.1, 0.15) is 24.4 Å². The maximum Gasteiger partial charge on any atom is 0.261 e. The van der Waals surface area contributed by atoms with Gasteiger partial charge in [0, 0.05) is 17.6 Å². The molecule has 0 bridgehead atoms. The Morgan fingerprint density at radius 1 is 0.429 bits per heavy atom. The number of aryl methyl sites for hydroxylation is 2. The molecule has 6 aromatic carbocycles. The molecular formula is C54H70O5P2Si2. The normalized spacial score (nSPS) is 18.4. The molecule has 63 heavy (non-hydrogen) atoms. The molecule has 0 saturated carbocycles. The van der Waals surface area contributed by atoms with Crippen LogP contribution in [0.5, 0.6) is 0 Å². The SMILES string of the molecule is C.C.Cc1ccc(PO[C@H]2[C@H](OPc3ccc(C)cc3)[C@@H](CO[Si](c3ccccc3)(c3ccccc3)C(C)(C)C)O[C@@H]2CO[Si](c2ccccc2)(c2ccccc2)C(C)(C)C)cc1. The highest BCUT2D eigenvalue weighted by Gasteiger charge is 2.55. The molecule has 1 aliphatic heterocycles. The van der Waals surface area contributed by atoms with Gasteiger partial charge in [0.25, 0.3) is 16.6 Å². The van der Waals surface area contributed by atoms with E-state index in [1.807, 2.05) is 0 Å². The zero-order valence-electron chi connectivity index (χ0n) is 36.9. The molecular weight excluding hydrogens is 847 g/mol. The summed E-state index contributed by atoms with van der Waals surface area (Å²) in [5, 5.41) is 6.76. The molecule has 0 aliphatic carbocycles. The van der Waals surface area contributed by atoms with Gasteiger partial charge in [-0.25, -0.2) is 0 Å². The highest BCUT2D eigenvalue weighted by Crippen LogP contribution is 2.41. The van der Waals surface area contributed by atoms with Gasteiger partial charge >= 0.3 is 0 Å². The second-order valence-electron chi connectivity index (χ2n) is 18.3. The fourth-order valence-corrected chi connectivity index (χ4v) is 19.7. The van der Waals surface area contributed by atoms with Crippen LogP contribution in [0, 0.1) is 13.8 Å². The first-order chi connectivity index (χ1) is 29.3. The van der Waals surface area contributed by atoms with Crippen LogP contribution in [0.25, 0.3) is 0 Å². The molecule has 6 atom stereocenters. The van der Waals surface area contributed by atoms with Gasteiger partial charge in [-0.3, -0.25) is 0 Å². The summed E-state index contributed by atoms with van der Waals surface area (Å²) in [6, 6.07) is 60.5. The molecule has 0 amide bonds. The lowest BCUT2D eigenvalue weighted by atomic mass is 10.1. The Kier molecular flexibility index (Phi) is 17.7. The molecule has 1 saturated heterocycles. The molecule has 334 valence electrons. The van der Waals surface area contributed by atoms with Gasteiger partial charge in [0.05, 0.1) is 13.2 Å². The van der Waals surface area contributed by atoms with Crippen LogP contribution in [0.4, 0.5) is 0 Å². The zero-order valence-corrected chi connectivity index (χ0v) is 40.9. The minimum atomic E-state index is -2.92. The lowest BCUT2D eigenvalue weighted by molar-refractivity contribution is -0.0290. The van der Waals surface area contributed by atoms with E-state index in [2.05, 4.69) is 225 Å². The molecule has 0 radical (unpaired) electrons. The number of rotatable bonds is 16. The van der Waals surface area contributed by atoms with Gasteiger partial charge in [-0.15, -0.1) is 0 Å². The third-order valence-electron chi connectivity index (χ3n) is 11.9. The Morgan fingerprint density at radius 3 is 0.952 bits per heavy atom. The van der Waals surface area contributed by atoms with Gasteiger partial charge in [-0.2, -0.15) is 0 Å². The first-order valence-corrected chi connectivity index (χ1v) is 27.1. The maximum absolute atomic E-state index is 7.61. The second kappa shape index (κ2) is 22.1. The average Bonchev–Trinajstić information content (AvgIpc) is 3.59. The predicted octanol–water partition coefficient (Wildman–Crippen LogP) is 10.4. The van der Waals surface area contributed by atoms with Crippen molar-refractivity contribution in [3.63, 3.8) is 0 Å². The lowest BCUT2D eigenvalue weighted by Crippen LogP contribution is -2.67. The summed E-state index contributed by atoms with van der Waals surface area (Å²) in [6.45, 7) is 18.8. The first-order valence-electron chi connectivity index (χ1n) is 21.4. The highest BCUT2D eigenvalue weighted by molar-refractivity contribution is 7.42. The summed E-state index contributed by atoms with van der Waals surface area (Å²) in [5.74, 6) is 0. The Morgan fingerprint density at radius 2 is 0.698 bits per heavy atom. The zero-order chi connectivity index (χ0) is 43.1. The van der Waals surface area contributed by atoms with Crippen LogP contribution in [-0.4, -0.2) is 54.3 Å². The molecule has 7 rings (SSSR count). The maximum atomic E-state index is 7.61.